The lowest BCUT2D eigenvalue weighted by Gasteiger charge is -1.98. The molecule has 1 heterocycles. The molecule has 2 rings (SSSR count). The lowest BCUT2D eigenvalue weighted by atomic mass is 10.1. The van der Waals surface area contributed by atoms with E-state index in [4.69, 9.17) is 0 Å². The van der Waals surface area contributed by atoms with Crippen molar-refractivity contribution in [3.63, 3.8) is 0 Å². The number of carbonyl (C=O) groups is 1. The first-order valence-electron chi connectivity index (χ1n) is 5.04. The Labute approximate surface area is 93.8 Å². The van der Waals surface area contributed by atoms with E-state index in [0.29, 0.717) is 0 Å². The average Bonchev–Trinajstić information content (AvgIpc) is 2.35. The molecule has 0 saturated carbocycles. The van der Waals surface area contributed by atoms with Crippen molar-refractivity contribution in [1.82, 2.24) is 10.3 Å². The van der Waals surface area contributed by atoms with Crippen molar-refractivity contribution in [2.45, 2.75) is 0 Å². The molecule has 0 fully saturated rings. The number of rotatable bonds is 2. The van der Waals surface area contributed by atoms with Crippen molar-refractivity contribution in [2.24, 2.45) is 0 Å². The lowest BCUT2D eigenvalue weighted by Crippen LogP contribution is -2.13. The molecule has 3 nitrogen and oxygen atoms in total. The molecule has 0 unspecified atom stereocenters. The fourth-order valence-electron chi connectivity index (χ4n) is 1.43. The molecule has 80 valence electrons. The van der Waals surface area contributed by atoms with Crippen LogP contribution in [0.5, 0.6) is 0 Å². The summed E-state index contributed by atoms with van der Waals surface area (Å²) in [5.74, 6) is -0.117. The summed E-state index contributed by atoms with van der Waals surface area (Å²) in [5.41, 5.74) is 1.88. The topological polar surface area (TPSA) is 42.0 Å². The number of likely N-dealkylation sites (N-methyl/N-ethyl adjacent to an activating group) is 1. The number of hydrogen-bond donors (Lipinski definition) is 1. The van der Waals surface area contributed by atoms with Gasteiger partial charge in [0, 0.05) is 24.7 Å². The van der Waals surface area contributed by atoms with Gasteiger partial charge < -0.3 is 5.32 Å². The zero-order valence-electron chi connectivity index (χ0n) is 8.97. The molecule has 1 N–H and O–H groups in total. The quantitative estimate of drug-likeness (QED) is 0.773. The number of nitrogens with zero attached hydrogens (tertiary/aromatic N) is 1. The zero-order chi connectivity index (χ0) is 11.4. The number of fused-ring (bicyclic) bond motifs is 1. The predicted octanol–water partition coefficient (Wildman–Crippen LogP) is 1.99. The first-order chi connectivity index (χ1) is 7.79. The molecule has 0 spiro atoms. The fraction of sp³-hybridized carbons (Fsp3) is 0.0769. The molecular weight excluding hydrogens is 200 g/mol. The number of nitrogens with one attached hydrogen (secondary N) is 1. The largest absolute Gasteiger partial charge is 0.356 e. The van der Waals surface area contributed by atoms with Crippen LogP contribution in [0, 0.1) is 0 Å². The Morgan fingerprint density at radius 3 is 3.00 bits per heavy atom. The van der Waals surface area contributed by atoms with Gasteiger partial charge in [-0.15, -0.1) is 0 Å². The summed E-state index contributed by atoms with van der Waals surface area (Å²) in [7, 11) is 1.60. The molecule has 1 amide bonds. The van der Waals surface area contributed by atoms with E-state index in [1.54, 1.807) is 19.3 Å². The van der Waals surface area contributed by atoms with E-state index in [-0.39, 0.29) is 5.91 Å². The van der Waals surface area contributed by atoms with Crippen molar-refractivity contribution in [3.8, 4) is 0 Å². The normalized spacial score (nSPS) is 10.8. The van der Waals surface area contributed by atoms with Gasteiger partial charge in [-0.05, 0) is 23.8 Å². The predicted molar refractivity (Wildman–Crippen MR) is 64.8 cm³/mol. The Morgan fingerprint density at radius 2 is 2.19 bits per heavy atom. The molecule has 0 saturated heterocycles. The number of pyridine rings is 1. The fourth-order valence-corrected chi connectivity index (χ4v) is 1.43. The van der Waals surface area contributed by atoms with Gasteiger partial charge in [-0.25, -0.2) is 0 Å². The van der Waals surface area contributed by atoms with Crippen LogP contribution in [0.1, 0.15) is 5.56 Å². The smallest absolute Gasteiger partial charge is 0.243 e. The number of aromatic nitrogens is 1. The third-order valence-corrected chi connectivity index (χ3v) is 2.29. The van der Waals surface area contributed by atoms with Gasteiger partial charge in [-0.3, -0.25) is 9.78 Å². The molecule has 1 aromatic heterocycles. The highest BCUT2D eigenvalue weighted by atomic mass is 16.1. The second-order valence-electron chi connectivity index (χ2n) is 3.41. The van der Waals surface area contributed by atoms with Gasteiger partial charge in [-0.1, -0.05) is 18.2 Å². The van der Waals surface area contributed by atoms with Crippen LogP contribution in [0.2, 0.25) is 0 Å². The molecule has 16 heavy (non-hydrogen) atoms. The Balaban J connectivity index is 2.33. The van der Waals surface area contributed by atoms with Gasteiger partial charge >= 0.3 is 0 Å². The molecule has 1 aromatic carbocycles. The third-order valence-electron chi connectivity index (χ3n) is 2.29. The van der Waals surface area contributed by atoms with Gasteiger partial charge in [0.05, 0.1) is 5.52 Å². The van der Waals surface area contributed by atoms with Crippen LogP contribution in [0.3, 0.4) is 0 Å². The van der Waals surface area contributed by atoms with Gasteiger partial charge in [0.15, 0.2) is 0 Å². The summed E-state index contributed by atoms with van der Waals surface area (Å²) >= 11 is 0. The lowest BCUT2D eigenvalue weighted by molar-refractivity contribution is -0.115. The maximum absolute atomic E-state index is 11.0. The van der Waals surface area contributed by atoms with Gasteiger partial charge in [-0.2, -0.15) is 0 Å². The van der Waals surface area contributed by atoms with Crippen molar-refractivity contribution >= 4 is 22.9 Å². The van der Waals surface area contributed by atoms with Gasteiger partial charge in [0.25, 0.3) is 0 Å². The van der Waals surface area contributed by atoms with Gasteiger partial charge in [0.1, 0.15) is 0 Å². The van der Waals surface area contributed by atoms with Crippen molar-refractivity contribution in [3.05, 3.63) is 48.2 Å². The summed E-state index contributed by atoms with van der Waals surface area (Å²) < 4.78 is 0. The summed E-state index contributed by atoms with van der Waals surface area (Å²) in [6, 6.07) is 9.88. The van der Waals surface area contributed by atoms with E-state index < -0.39 is 0 Å². The highest BCUT2D eigenvalue weighted by Crippen LogP contribution is 2.13. The van der Waals surface area contributed by atoms with E-state index >= 15 is 0 Å². The molecule has 0 radical (unpaired) electrons. The van der Waals surface area contributed by atoms with Crippen molar-refractivity contribution in [1.29, 1.82) is 0 Å². The summed E-state index contributed by atoms with van der Waals surface area (Å²) in [5, 5.41) is 3.60. The third kappa shape index (κ3) is 2.25. The summed E-state index contributed by atoms with van der Waals surface area (Å²) in [4.78, 5) is 15.3. The van der Waals surface area contributed by atoms with Crippen LogP contribution in [0.4, 0.5) is 0 Å². The van der Waals surface area contributed by atoms with Crippen LogP contribution < -0.4 is 5.32 Å². The minimum atomic E-state index is -0.117. The summed E-state index contributed by atoms with van der Waals surface area (Å²) in [6.45, 7) is 0. The minimum Gasteiger partial charge on any atom is -0.356 e. The SMILES string of the molecule is CNC(=O)/C=C/c1cnc2ccccc2c1. The first kappa shape index (κ1) is 10.4. The van der Waals surface area contributed by atoms with Gasteiger partial charge in [0.2, 0.25) is 5.91 Å². The monoisotopic (exact) mass is 212 g/mol. The zero-order valence-corrected chi connectivity index (χ0v) is 8.97. The number of hydrogen-bond acceptors (Lipinski definition) is 2. The number of amides is 1. The van der Waals surface area contributed by atoms with Crippen LogP contribution in [0.25, 0.3) is 17.0 Å². The maximum Gasteiger partial charge on any atom is 0.243 e. The molecule has 0 aliphatic heterocycles. The van der Waals surface area contributed by atoms with E-state index in [1.807, 2.05) is 30.3 Å². The van der Waals surface area contributed by atoms with E-state index in [2.05, 4.69) is 10.3 Å². The first-order valence-corrected chi connectivity index (χ1v) is 5.04. The van der Waals surface area contributed by atoms with Crippen molar-refractivity contribution in [2.75, 3.05) is 7.05 Å². The highest BCUT2D eigenvalue weighted by molar-refractivity contribution is 5.92. The Kier molecular flexibility index (Phi) is 2.96. The van der Waals surface area contributed by atoms with Crippen LogP contribution in [0.15, 0.2) is 42.6 Å². The highest BCUT2D eigenvalue weighted by Gasteiger charge is 1.95. The van der Waals surface area contributed by atoms with E-state index in [0.717, 1.165) is 16.5 Å². The number of para-hydroxylation sites is 1. The standard InChI is InChI=1S/C13H12N2O/c1-14-13(16)7-6-10-8-11-4-2-3-5-12(11)15-9-10/h2-9H,1H3,(H,14,16)/b7-6+. The molecule has 3 heteroatoms. The second-order valence-corrected chi connectivity index (χ2v) is 3.41. The molecule has 0 bridgehead atoms. The Hall–Kier alpha value is -2.16. The molecule has 0 aliphatic carbocycles. The molecular formula is C13H12N2O. The minimum absolute atomic E-state index is 0.117. The number of carbonyl (C=O) groups excluding carboxylic acids is 1. The average molecular weight is 212 g/mol. The molecule has 0 aliphatic rings. The molecule has 2 aromatic rings. The number of benzene rings is 1. The second kappa shape index (κ2) is 4.57. The van der Waals surface area contributed by atoms with Crippen LogP contribution in [-0.2, 0) is 4.79 Å². The van der Waals surface area contributed by atoms with E-state index in [1.165, 1.54) is 6.08 Å². The van der Waals surface area contributed by atoms with Crippen LogP contribution >= 0.6 is 0 Å². The maximum atomic E-state index is 11.0. The summed E-state index contributed by atoms with van der Waals surface area (Å²) in [6.07, 6.45) is 4.99. The van der Waals surface area contributed by atoms with Crippen molar-refractivity contribution < 1.29 is 4.79 Å². The van der Waals surface area contributed by atoms with Crippen LogP contribution in [-0.4, -0.2) is 17.9 Å². The Morgan fingerprint density at radius 1 is 1.38 bits per heavy atom. The Bertz CT molecular complexity index is 546. The molecule has 0 atom stereocenters. The van der Waals surface area contributed by atoms with E-state index in [9.17, 15) is 4.79 Å².